The summed E-state index contributed by atoms with van der Waals surface area (Å²) >= 11 is 0. The van der Waals surface area contributed by atoms with E-state index in [0.717, 1.165) is 12.8 Å². The first kappa shape index (κ1) is 11.9. The lowest BCUT2D eigenvalue weighted by molar-refractivity contribution is -0.144. The van der Waals surface area contributed by atoms with Crippen LogP contribution in [-0.2, 0) is 6.18 Å². The van der Waals surface area contributed by atoms with Crippen LogP contribution in [0.15, 0.2) is 6.07 Å². The van der Waals surface area contributed by atoms with Crippen molar-refractivity contribution in [1.29, 1.82) is 0 Å². The minimum absolute atomic E-state index is 0.162. The van der Waals surface area contributed by atoms with Crippen molar-refractivity contribution in [3.63, 3.8) is 0 Å². The fourth-order valence-electron chi connectivity index (χ4n) is 1.56. The lowest BCUT2D eigenvalue weighted by Gasteiger charge is -2.19. The molecular weight excluding hydrogens is 233 g/mol. The summed E-state index contributed by atoms with van der Waals surface area (Å²) in [7, 11) is 1.71. The number of nitrogen functional groups attached to an aromatic ring is 1. The zero-order valence-corrected chi connectivity index (χ0v) is 9.33. The quantitative estimate of drug-likeness (QED) is 0.885. The van der Waals surface area contributed by atoms with Gasteiger partial charge in [0.25, 0.3) is 0 Å². The van der Waals surface area contributed by atoms with E-state index in [-0.39, 0.29) is 11.6 Å². The fourth-order valence-corrected chi connectivity index (χ4v) is 1.56. The Kier molecular flexibility index (Phi) is 2.84. The minimum Gasteiger partial charge on any atom is -0.384 e. The van der Waals surface area contributed by atoms with Gasteiger partial charge in [-0.1, -0.05) is 0 Å². The van der Waals surface area contributed by atoms with Gasteiger partial charge in [0.05, 0.1) is 0 Å². The molecule has 2 N–H and O–H groups in total. The van der Waals surface area contributed by atoms with Crippen LogP contribution < -0.4 is 10.6 Å². The molecule has 1 aliphatic rings. The van der Waals surface area contributed by atoms with E-state index in [4.69, 9.17) is 5.73 Å². The molecule has 0 saturated heterocycles. The monoisotopic (exact) mass is 246 g/mol. The average molecular weight is 246 g/mol. The molecule has 4 nitrogen and oxygen atoms in total. The van der Waals surface area contributed by atoms with Crippen LogP contribution in [0.25, 0.3) is 0 Å². The predicted octanol–water partition coefficient (Wildman–Crippen LogP) is 1.92. The van der Waals surface area contributed by atoms with Crippen LogP contribution in [0.1, 0.15) is 18.7 Å². The zero-order chi connectivity index (χ0) is 12.6. The summed E-state index contributed by atoms with van der Waals surface area (Å²) in [5.41, 5.74) is 5.36. The molecule has 0 unspecified atom stereocenters. The van der Waals surface area contributed by atoms with Crippen molar-refractivity contribution in [1.82, 2.24) is 9.97 Å². The van der Waals surface area contributed by atoms with Crippen molar-refractivity contribution < 1.29 is 13.2 Å². The standard InChI is InChI=1S/C10H13F3N4/c1-17(5-6-2-3-6)8-4-7(14)15-9(16-8)10(11,12)13/h4,6H,2-3,5H2,1H3,(H2,14,15,16). The van der Waals surface area contributed by atoms with E-state index < -0.39 is 12.0 Å². The van der Waals surface area contributed by atoms with E-state index in [2.05, 4.69) is 9.97 Å². The molecule has 0 aliphatic heterocycles. The number of rotatable bonds is 3. The lowest BCUT2D eigenvalue weighted by atomic mass is 10.3. The van der Waals surface area contributed by atoms with Crippen molar-refractivity contribution in [2.75, 3.05) is 24.2 Å². The molecule has 1 aliphatic carbocycles. The Bertz CT molecular complexity index is 415. The van der Waals surface area contributed by atoms with Gasteiger partial charge in [0.2, 0.25) is 5.82 Å². The minimum atomic E-state index is -4.56. The number of anilines is 2. The van der Waals surface area contributed by atoms with Crippen molar-refractivity contribution in [3.05, 3.63) is 11.9 Å². The van der Waals surface area contributed by atoms with Crippen LogP contribution in [0.2, 0.25) is 0 Å². The topological polar surface area (TPSA) is 55.0 Å². The second kappa shape index (κ2) is 4.05. The number of aromatic nitrogens is 2. The van der Waals surface area contributed by atoms with Gasteiger partial charge in [0.15, 0.2) is 0 Å². The average Bonchev–Trinajstić information content (AvgIpc) is 2.99. The normalized spacial score (nSPS) is 16.0. The summed E-state index contributed by atoms with van der Waals surface area (Å²) in [6.45, 7) is 0.702. The Labute approximate surface area is 96.7 Å². The summed E-state index contributed by atoms with van der Waals surface area (Å²) in [4.78, 5) is 8.38. The van der Waals surface area contributed by atoms with Gasteiger partial charge in [-0.3, -0.25) is 0 Å². The third-order valence-electron chi connectivity index (χ3n) is 2.61. The molecule has 1 fully saturated rings. The molecule has 7 heteroatoms. The van der Waals surface area contributed by atoms with Crippen LogP contribution in [0.5, 0.6) is 0 Å². The lowest BCUT2D eigenvalue weighted by Crippen LogP contribution is -2.23. The fraction of sp³-hybridized carbons (Fsp3) is 0.600. The number of hydrogen-bond acceptors (Lipinski definition) is 4. The molecule has 17 heavy (non-hydrogen) atoms. The summed E-state index contributed by atoms with van der Waals surface area (Å²) < 4.78 is 37.5. The maximum Gasteiger partial charge on any atom is 0.451 e. The molecule has 2 rings (SSSR count). The van der Waals surface area contributed by atoms with Crippen LogP contribution in [0, 0.1) is 5.92 Å². The highest BCUT2D eigenvalue weighted by atomic mass is 19.4. The number of nitrogens with zero attached hydrogens (tertiary/aromatic N) is 3. The Morgan fingerprint density at radius 3 is 2.59 bits per heavy atom. The van der Waals surface area contributed by atoms with Gasteiger partial charge < -0.3 is 10.6 Å². The molecule has 1 heterocycles. The van der Waals surface area contributed by atoms with Crippen LogP contribution in [0.3, 0.4) is 0 Å². The molecule has 94 valence electrons. The number of alkyl halides is 3. The third kappa shape index (κ3) is 2.98. The zero-order valence-electron chi connectivity index (χ0n) is 9.33. The van der Waals surface area contributed by atoms with Crippen LogP contribution in [0.4, 0.5) is 24.8 Å². The Hall–Kier alpha value is -1.53. The van der Waals surface area contributed by atoms with E-state index in [0.29, 0.717) is 12.5 Å². The largest absolute Gasteiger partial charge is 0.451 e. The van der Waals surface area contributed by atoms with Gasteiger partial charge in [-0.05, 0) is 18.8 Å². The van der Waals surface area contributed by atoms with Gasteiger partial charge in [-0.25, -0.2) is 9.97 Å². The van der Waals surface area contributed by atoms with Crippen molar-refractivity contribution >= 4 is 11.6 Å². The first-order chi connectivity index (χ1) is 7.86. The van der Waals surface area contributed by atoms with Gasteiger partial charge in [-0.2, -0.15) is 13.2 Å². The predicted molar refractivity (Wildman–Crippen MR) is 57.4 cm³/mol. The summed E-state index contributed by atoms with van der Waals surface area (Å²) in [5.74, 6) is -0.567. The molecule has 1 aromatic heterocycles. The number of nitrogens with two attached hydrogens (primary N) is 1. The summed E-state index contributed by atoms with van der Waals surface area (Å²) in [6, 6.07) is 1.36. The number of hydrogen-bond donors (Lipinski definition) is 1. The summed E-state index contributed by atoms with van der Waals surface area (Å²) in [5, 5.41) is 0. The SMILES string of the molecule is CN(CC1CC1)c1cc(N)nc(C(F)(F)F)n1. The Balaban J connectivity index is 2.23. The molecule has 1 saturated carbocycles. The smallest absolute Gasteiger partial charge is 0.384 e. The van der Waals surface area contributed by atoms with Crippen LogP contribution in [-0.4, -0.2) is 23.6 Å². The molecule has 1 aromatic rings. The van der Waals surface area contributed by atoms with Gasteiger partial charge in [-0.15, -0.1) is 0 Å². The Morgan fingerprint density at radius 1 is 1.41 bits per heavy atom. The van der Waals surface area contributed by atoms with Gasteiger partial charge >= 0.3 is 6.18 Å². The first-order valence-corrected chi connectivity index (χ1v) is 5.29. The molecule has 0 amide bonds. The second-order valence-electron chi connectivity index (χ2n) is 4.30. The molecule has 0 aromatic carbocycles. The third-order valence-corrected chi connectivity index (χ3v) is 2.61. The van der Waals surface area contributed by atoms with Crippen molar-refractivity contribution in [2.24, 2.45) is 5.92 Å². The maximum absolute atomic E-state index is 12.5. The first-order valence-electron chi connectivity index (χ1n) is 5.29. The highest BCUT2D eigenvalue weighted by Crippen LogP contribution is 2.32. The molecule has 0 atom stereocenters. The van der Waals surface area contributed by atoms with Gasteiger partial charge in [0, 0.05) is 19.7 Å². The highest BCUT2D eigenvalue weighted by molar-refractivity contribution is 5.46. The van der Waals surface area contributed by atoms with E-state index in [9.17, 15) is 13.2 Å². The molecular formula is C10H13F3N4. The van der Waals surface area contributed by atoms with Crippen molar-refractivity contribution in [2.45, 2.75) is 19.0 Å². The van der Waals surface area contributed by atoms with E-state index in [1.165, 1.54) is 6.07 Å². The van der Waals surface area contributed by atoms with E-state index >= 15 is 0 Å². The second-order valence-corrected chi connectivity index (χ2v) is 4.30. The van der Waals surface area contributed by atoms with E-state index in [1.807, 2.05) is 0 Å². The highest BCUT2D eigenvalue weighted by Gasteiger charge is 2.35. The van der Waals surface area contributed by atoms with Crippen LogP contribution >= 0.6 is 0 Å². The van der Waals surface area contributed by atoms with E-state index in [1.54, 1.807) is 11.9 Å². The van der Waals surface area contributed by atoms with Gasteiger partial charge in [0.1, 0.15) is 11.6 Å². The van der Waals surface area contributed by atoms with Crippen molar-refractivity contribution in [3.8, 4) is 0 Å². The number of halogens is 3. The molecule has 0 radical (unpaired) electrons. The maximum atomic E-state index is 12.5. The molecule has 0 spiro atoms. The summed E-state index contributed by atoms with van der Waals surface area (Å²) in [6.07, 6.45) is -2.32. The Morgan fingerprint density at radius 2 is 2.06 bits per heavy atom. The molecule has 0 bridgehead atoms.